The Bertz CT molecular complexity index is 373. The Morgan fingerprint density at radius 3 is 2.19 bits per heavy atom. The number of carbonyl (C=O) groups excluding carboxylic acids is 1. The number of benzene rings is 1. The van der Waals surface area contributed by atoms with E-state index in [9.17, 15) is 18.0 Å². The molecule has 16 heavy (non-hydrogen) atoms. The molecule has 0 bridgehead atoms. The van der Waals surface area contributed by atoms with Crippen LogP contribution in [0.25, 0.3) is 0 Å². The molecule has 1 aromatic carbocycles. The van der Waals surface area contributed by atoms with Crippen molar-refractivity contribution in [3.05, 3.63) is 29.8 Å². The molecule has 2 N–H and O–H groups in total. The van der Waals surface area contributed by atoms with Crippen molar-refractivity contribution in [2.75, 3.05) is 11.9 Å². The van der Waals surface area contributed by atoms with Crippen molar-refractivity contribution in [3.63, 3.8) is 0 Å². The highest BCUT2D eigenvalue weighted by molar-refractivity contribution is 5.96. The van der Waals surface area contributed by atoms with Crippen molar-refractivity contribution < 1.29 is 18.0 Å². The van der Waals surface area contributed by atoms with Crippen molar-refractivity contribution in [1.29, 1.82) is 0 Å². The predicted molar refractivity (Wildman–Crippen MR) is 53.8 cm³/mol. The molecule has 0 atom stereocenters. The highest BCUT2D eigenvalue weighted by atomic mass is 19.4. The first kappa shape index (κ1) is 12.5. The van der Waals surface area contributed by atoms with Crippen LogP contribution in [-0.2, 0) is 11.3 Å². The number of amides is 1. The van der Waals surface area contributed by atoms with Crippen LogP contribution in [0.1, 0.15) is 5.56 Å². The van der Waals surface area contributed by atoms with Gasteiger partial charge in [0.25, 0.3) is 0 Å². The fourth-order valence-electron chi connectivity index (χ4n) is 1.16. The van der Waals surface area contributed by atoms with Gasteiger partial charge in [-0.15, -0.1) is 0 Å². The zero-order valence-electron chi connectivity index (χ0n) is 8.58. The minimum Gasteiger partial charge on any atom is -0.326 e. The zero-order chi connectivity index (χ0) is 12.3. The van der Waals surface area contributed by atoms with Crippen LogP contribution in [0, 0.1) is 0 Å². The number of nitrogens with zero attached hydrogens (tertiary/aromatic N) is 1. The zero-order valence-corrected chi connectivity index (χ0v) is 8.58. The number of hydrogen-bond acceptors (Lipinski definition) is 2. The van der Waals surface area contributed by atoms with Gasteiger partial charge in [-0.05, 0) is 17.7 Å². The summed E-state index contributed by atoms with van der Waals surface area (Å²) in [5, 5.41) is 0. The van der Waals surface area contributed by atoms with Gasteiger partial charge in [-0.3, -0.25) is 4.79 Å². The van der Waals surface area contributed by atoms with Crippen molar-refractivity contribution in [2.24, 2.45) is 5.73 Å². The van der Waals surface area contributed by atoms with Crippen LogP contribution in [0.4, 0.5) is 18.9 Å². The van der Waals surface area contributed by atoms with E-state index >= 15 is 0 Å². The molecule has 1 amide bonds. The second-order valence-corrected chi connectivity index (χ2v) is 3.23. The van der Waals surface area contributed by atoms with Crippen LogP contribution >= 0.6 is 0 Å². The van der Waals surface area contributed by atoms with E-state index in [2.05, 4.69) is 0 Å². The molecule has 0 saturated carbocycles. The molecule has 0 radical (unpaired) electrons. The number of alkyl halides is 3. The summed E-state index contributed by atoms with van der Waals surface area (Å²) in [5.41, 5.74) is 6.31. The normalized spacial score (nSPS) is 11.3. The summed E-state index contributed by atoms with van der Waals surface area (Å²) >= 11 is 0. The van der Waals surface area contributed by atoms with Crippen molar-refractivity contribution in [2.45, 2.75) is 12.7 Å². The summed E-state index contributed by atoms with van der Waals surface area (Å²) in [5.74, 6) is -1.90. The SMILES string of the molecule is CN(C(=O)C(F)(F)F)c1ccc(CN)cc1. The van der Waals surface area contributed by atoms with E-state index in [-0.39, 0.29) is 5.69 Å². The summed E-state index contributed by atoms with van der Waals surface area (Å²) in [6.45, 7) is 0.303. The monoisotopic (exact) mass is 232 g/mol. The Morgan fingerprint density at radius 2 is 1.81 bits per heavy atom. The van der Waals surface area contributed by atoms with Crippen LogP contribution in [0.2, 0.25) is 0 Å². The Balaban J connectivity index is 2.88. The average Bonchev–Trinajstić information content (AvgIpc) is 2.26. The van der Waals surface area contributed by atoms with Gasteiger partial charge in [0.1, 0.15) is 0 Å². The Labute approximate surface area is 90.6 Å². The van der Waals surface area contributed by atoms with Gasteiger partial charge in [0, 0.05) is 19.3 Å². The maximum atomic E-state index is 12.1. The van der Waals surface area contributed by atoms with Crippen molar-refractivity contribution >= 4 is 11.6 Å². The summed E-state index contributed by atoms with van der Waals surface area (Å²) in [6, 6.07) is 6.00. The molecule has 0 aromatic heterocycles. The van der Waals surface area contributed by atoms with Crippen molar-refractivity contribution in [3.8, 4) is 0 Å². The molecule has 0 spiro atoms. The first-order valence-electron chi connectivity index (χ1n) is 4.50. The van der Waals surface area contributed by atoms with Gasteiger partial charge in [0.05, 0.1) is 0 Å². The van der Waals surface area contributed by atoms with Crippen LogP contribution < -0.4 is 10.6 Å². The highest BCUT2D eigenvalue weighted by Crippen LogP contribution is 2.22. The Hall–Kier alpha value is -1.56. The standard InChI is InChI=1S/C10H11F3N2O/c1-15(9(16)10(11,12)13)8-4-2-7(6-14)3-5-8/h2-5H,6,14H2,1H3. The third-order valence-electron chi connectivity index (χ3n) is 2.11. The fraction of sp³-hybridized carbons (Fsp3) is 0.300. The maximum Gasteiger partial charge on any atom is 0.471 e. The molecule has 0 unspecified atom stereocenters. The second-order valence-electron chi connectivity index (χ2n) is 3.23. The smallest absolute Gasteiger partial charge is 0.326 e. The minimum atomic E-state index is -4.86. The van der Waals surface area contributed by atoms with Crippen LogP contribution in [-0.4, -0.2) is 19.1 Å². The third-order valence-corrected chi connectivity index (χ3v) is 2.11. The third kappa shape index (κ3) is 2.73. The van der Waals surface area contributed by atoms with E-state index in [1.165, 1.54) is 12.1 Å². The van der Waals surface area contributed by atoms with E-state index in [0.717, 1.165) is 12.6 Å². The van der Waals surface area contributed by atoms with Gasteiger partial charge in [-0.1, -0.05) is 12.1 Å². The number of carbonyl (C=O) groups is 1. The van der Waals surface area contributed by atoms with E-state index in [1.807, 2.05) is 0 Å². The predicted octanol–water partition coefficient (Wildman–Crippen LogP) is 1.67. The van der Waals surface area contributed by atoms with Crippen LogP contribution in [0.5, 0.6) is 0 Å². The number of halogens is 3. The Kier molecular flexibility index (Phi) is 3.54. The first-order valence-corrected chi connectivity index (χ1v) is 4.50. The maximum absolute atomic E-state index is 12.1. The summed E-state index contributed by atoms with van der Waals surface area (Å²) < 4.78 is 36.4. The fourth-order valence-corrected chi connectivity index (χ4v) is 1.16. The molecule has 3 nitrogen and oxygen atoms in total. The number of anilines is 1. The quantitative estimate of drug-likeness (QED) is 0.843. The molecule has 0 heterocycles. The summed E-state index contributed by atoms with van der Waals surface area (Å²) in [6.07, 6.45) is -4.86. The largest absolute Gasteiger partial charge is 0.471 e. The summed E-state index contributed by atoms with van der Waals surface area (Å²) in [7, 11) is 1.08. The lowest BCUT2D eigenvalue weighted by atomic mass is 10.2. The molecular formula is C10H11F3N2O. The molecule has 0 fully saturated rings. The topological polar surface area (TPSA) is 46.3 Å². The lowest BCUT2D eigenvalue weighted by molar-refractivity contribution is -0.170. The molecule has 88 valence electrons. The number of hydrogen-bond donors (Lipinski definition) is 1. The second kappa shape index (κ2) is 4.52. The van der Waals surface area contributed by atoms with Gasteiger partial charge in [-0.25, -0.2) is 0 Å². The molecule has 1 rings (SSSR count). The van der Waals surface area contributed by atoms with Crippen molar-refractivity contribution in [1.82, 2.24) is 0 Å². The van der Waals surface area contributed by atoms with Gasteiger partial charge >= 0.3 is 12.1 Å². The minimum absolute atomic E-state index is 0.180. The molecule has 0 aliphatic carbocycles. The van der Waals surface area contributed by atoms with Gasteiger partial charge in [-0.2, -0.15) is 13.2 Å². The van der Waals surface area contributed by atoms with E-state index < -0.39 is 12.1 Å². The first-order chi connectivity index (χ1) is 7.36. The molecule has 0 saturated heterocycles. The van der Waals surface area contributed by atoms with E-state index in [1.54, 1.807) is 12.1 Å². The number of nitrogens with two attached hydrogens (primary N) is 1. The number of rotatable bonds is 2. The lowest BCUT2D eigenvalue weighted by Gasteiger charge is -2.18. The highest BCUT2D eigenvalue weighted by Gasteiger charge is 2.41. The molecule has 0 aliphatic rings. The van der Waals surface area contributed by atoms with Gasteiger partial charge in [0.15, 0.2) is 0 Å². The molecule has 1 aromatic rings. The van der Waals surface area contributed by atoms with Gasteiger partial charge < -0.3 is 10.6 Å². The summed E-state index contributed by atoms with van der Waals surface area (Å²) in [4.78, 5) is 11.5. The van der Waals surface area contributed by atoms with Gasteiger partial charge in [0.2, 0.25) is 0 Å². The Morgan fingerprint density at radius 1 is 1.31 bits per heavy atom. The average molecular weight is 232 g/mol. The van der Waals surface area contributed by atoms with Crippen LogP contribution in [0.3, 0.4) is 0 Å². The van der Waals surface area contributed by atoms with E-state index in [4.69, 9.17) is 5.73 Å². The molecule has 0 aliphatic heterocycles. The lowest BCUT2D eigenvalue weighted by Crippen LogP contribution is -2.38. The molecule has 6 heteroatoms. The van der Waals surface area contributed by atoms with E-state index in [0.29, 0.717) is 11.4 Å². The van der Waals surface area contributed by atoms with Crippen LogP contribution in [0.15, 0.2) is 24.3 Å². The molecular weight excluding hydrogens is 221 g/mol.